The van der Waals surface area contributed by atoms with E-state index >= 15 is 0 Å². The number of aryl methyl sites for hydroxylation is 2. The van der Waals surface area contributed by atoms with Gasteiger partial charge in [0, 0.05) is 17.8 Å². The van der Waals surface area contributed by atoms with Crippen LogP contribution in [0.1, 0.15) is 71.6 Å². The Morgan fingerprint density at radius 1 is 0.968 bits per heavy atom. The normalized spacial score (nSPS) is 11.8. The number of hydrogen-bond acceptors (Lipinski definition) is 4. The maximum absolute atomic E-state index is 12.4. The summed E-state index contributed by atoms with van der Waals surface area (Å²) in [5.74, 6) is 0.345. The first-order valence-electron chi connectivity index (χ1n) is 11.3. The van der Waals surface area contributed by atoms with Crippen LogP contribution in [0.3, 0.4) is 0 Å². The van der Waals surface area contributed by atoms with Crippen molar-refractivity contribution in [3.63, 3.8) is 0 Å². The minimum Gasteiger partial charge on any atom is -0.426 e. The summed E-state index contributed by atoms with van der Waals surface area (Å²) in [6.45, 7) is 14.4. The minimum atomic E-state index is -0.563. The van der Waals surface area contributed by atoms with Gasteiger partial charge in [-0.25, -0.2) is 0 Å². The highest BCUT2D eigenvalue weighted by Gasteiger charge is 2.24. The van der Waals surface area contributed by atoms with Crippen LogP contribution in [0.4, 0.5) is 5.69 Å². The molecule has 0 amide bonds. The van der Waals surface area contributed by atoms with Crippen molar-refractivity contribution in [3.05, 3.63) is 59.2 Å². The summed E-state index contributed by atoms with van der Waals surface area (Å²) < 4.78 is 5.69. The van der Waals surface area contributed by atoms with Gasteiger partial charge in [-0.2, -0.15) is 0 Å². The fourth-order valence-corrected chi connectivity index (χ4v) is 3.83. The largest absolute Gasteiger partial charge is 0.426 e. The molecule has 2 rings (SSSR count). The third-order valence-corrected chi connectivity index (χ3v) is 5.36. The summed E-state index contributed by atoms with van der Waals surface area (Å²) in [5.41, 5.74) is 3.79. The van der Waals surface area contributed by atoms with E-state index in [-0.39, 0.29) is 12.6 Å². The van der Waals surface area contributed by atoms with Crippen LogP contribution in [0.5, 0.6) is 5.75 Å². The summed E-state index contributed by atoms with van der Waals surface area (Å²) in [7, 11) is 0. The maximum atomic E-state index is 12.4. The molecule has 2 aromatic carbocycles. The Hall–Kier alpha value is -2.33. The van der Waals surface area contributed by atoms with Crippen molar-refractivity contribution in [1.82, 2.24) is 0 Å². The number of benzene rings is 2. The van der Waals surface area contributed by atoms with Gasteiger partial charge in [0.2, 0.25) is 0 Å². The first kappa shape index (κ1) is 24.9. The molecule has 2 aromatic rings. The first-order valence-corrected chi connectivity index (χ1v) is 11.3. The number of nitrogens with zero attached hydrogens (tertiary/aromatic N) is 1. The summed E-state index contributed by atoms with van der Waals surface area (Å²) >= 11 is 0. The van der Waals surface area contributed by atoms with Crippen molar-refractivity contribution in [2.24, 2.45) is 5.41 Å². The number of aliphatic hydroxyl groups excluding tert-OH is 1. The Morgan fingerprint density at radius 3 is 2.23 bits per heavy atom. The van der Waals surface area contributed by atoms with Crippen LogP contribution < -0.4 is 9.64 Å². The molecule has 0 fully saturated rings. The average molecular weight is 426 g/mol. The molecule has 0 unspecified atom stereocenters. The average Bonchev–Trinajstić information content (AvgIpc) is 2.68. The molecule has 0 aromatic heterocycles. The van der Waals surface area contributed by atoms with Gasteiger partial charge in [-0.1, -0.05) is 18.2 Å². The van der Waals surface area contributed by atoms with Crippen molar-refractivity contribution in [2.45, 2.75) is 86.4 Å². The lowest BCUT2D eigenvalue weighted by Gasteiger charge is -2.33. The lowest BCUT2D eigenvalue weighted by atomic mass is 9.97. The molecule has 0 saturated carbocycles. The number of anilines is 1. The quantitative estimate of drug-likeness (QED) is 0.400. The van der Waals surface area contributed by atoms with Crippen molar-refractivity contribution < 1.29 is 14.6 Å². The SMILES string of the molecule is CC(C)N(c1cccc(CCCc2cc(CO)ccc2OC(=O)C(C)(C)C)c1)C(C)C. The Balaban J connectivity index is 2.13. The van der Waals surface area contributed by atoms with E-state index in [1.165, 1.54) is 11.3 Å². The predicted molar refractivity (Wildman–Crippen MR) is 129 cm³/mol. The number of esters is 1. The molecule has 0 aliphatic carbocycles. The van der Waals surface area contributed by atoms with E-state index in [2.05, 4.69) is 56.9 Å². The number of hydrogen-bond donors (Lipinski definition) is 1. The maximum Gasteiger partial charge on any atom is 0.316 e. The summed E-state index contributed by atoms with van der Waals surface area (Å²) in [6, 6.07) is 15.2. The Labute approximate surface area is 188 Å². The zero-order chi connectivity index (χ0) is 23.2. The topological polar surface area (TPSA) is 49.8 Å². The fraction of sp³-hybridized carbons (Fsp3) is 0.519. The van der Waals surface area contributed by atoms with Crippen LogP contribution in [0.2, 0.25) is 0 Å². The van der Waals surface area contributed by atoms with Crippen molar-refractivity contribution in [2.75, 3.05) is 4.90 Å². The minimum absolute atomic E-state index is 0.0250. The van der Waals surface area contributed by atoms with Gasteiger partial charge in [0.1, 0.15) is 5.75 Å². The third-order valence-electron chi connectivity index (χ3n) is 5.36. The Morgan fingerprint density at radius 2 is 1.65 bits per heavy atom. The molecule has 0 bridgehead atoms. The van der Waals surface area contributed by atoms with Gasteiger partial charge in [-0.15, -0.1) is 0 Å². The Bertz CT molecular complexity index is 857. The molecular weight excluding hydrogens is 386 g/mol. The van der Waals surface area contributed by atoms with E-state index in [0.717, 1.165) is 30.4 Å². The predicted octanol–water partition coefficient (Wildman–Crippen LogP) is 5.93. The summed E-state index contributed by atoms with van der Waals surface area (Å²) in [6.07, 6.45) is 2.65. The molecule has 0 atom stereocenters. The second-order valence-electron chi connectivity index (χ2n) is 9.86. The Kier molecular flexibility index (Phi) is 8.69. The number of aliphatic hydroxyl groups is 1. The molecular formula is C27H39NO3. The monoisotopic (exact) mass is 425 g/mol. The lowest BCUT2D eigenvalue weighted by molar-refractivity contribution is -0.143. The molecule has 0 aliphatic heterocycles. The molecule has 0 heterocycles. The van der Waals surface area contributed by atoms with Gasteiger partial charge >= 0.3 is 5.97 Å². The van der Waals surface area contributed by atoms with Gasteiger partial charge in [0.25, 0.3) is 0 Å². The van der Waals surface area contributed by atoms with Crippen molar-refractivity contribution >= 4 is 11.7 Å². The van der Waals surface area contributed by atoms with Crippen LogP contribution in [0.25, 0.3) is 0 Å². The van der Waals surface area contributed by atoms with E-state index in [1.807, 2.05) is 32.9 Å². The zero-order valence-electron chi connectivity index (χ0n) is 20.2. The molecule has 0 saturated heterocycles. The van der Waals surface area contributed by atoms with Crippen LogP contribution in [0, 0.1) is 5.41 Å². The van der Waals surface area contributed by atoms with Crippen LogP contribution in [0.15, 0.2) is 42.5 Å². The van der Waals surface area contributed by atoms with Gasteiger partial charge in [-0.05, 0) is 109 Å². The smallest absolute Gasteiger partial charge is 0.316 e. The standard InChI is InChI=1S/C27H39NO3/c1-19(2)28(20(3)4)24-13-9-11-21(17-24)10-8-12-23-16-22(18-29)14-15-25(23)31-26(30)27(5,6)7/h9,11,13-17,19-20,29H,8,10,12,18H2,1-7H3. The zero-order valence-corrected chi connectivity index (χ0v) is 20.2. The molecule has 4 heteroatoms. The van der Waals surface area contributed by atoms with Crippen molar-refractivity contribution in [1.29, 1.82) is 0 Å². The number of ether oxygens (including phenoxy) is 1. The summed E-state index contributed by atoms with van der Waals surface area (Å²) in [4.78, 5) is 14.8. The number of carbonyl (C=O) groups excluding carboxylic acids is 1. The lowest BCUT2D eigenvalue weighted by Crippen LogP contribution is -2.36. The fourth-order valence-electron chi connectivity index (χ4n) is 3.83. The van der Waals surface area contributed by atoms with Gasteiger partial charge in [0.05, 0.1) is 12.0 Å². The van der Waals surface area contributed by atoms with Crippen LogP contribution >= 0.6 is 0 Å². The second-order valence-corrected chi connectivity index (χ2v) is 9.86. The second kappa shape index (κ2) is 10.8. The van der Waals surface area contributed by atoms with E-state index in [0.29, 0.717) is 17.8 Å². The third kappa shape index (κ3) is 7.10. The molecule has 170 valence electrons. The first-order chi connectivity index (χ1) is 14.5. The van der Waals surface area contributed by atoms with E-state index in [9.17, 15) is 9.90 Å². The molecule has 1 N–H and O–H groups in total. The summed E-state index contributed by atoms with van der Waals surface area (Å²) in [5, 5.41) is 9.53. The highest BCUT2D eigenvalue weighted by Crippen LogP contribution is 2.27. The van der Waals surface area contributed by atoms with E-state index in [4.69, 9.17) is 4.74 Å². The number of carbonyl (C=O) groups is 1. The highest BCUT2D eigenvalue weighted by molar-refractivity contribution is 5.78. The number of rotatable bonds is 9. The molecule has 4 nitrogen and oxygen atoms in total. The van der Waals surface area contributed by atoms with Gasteiger partial charge in [-0.3, -0.25) is 4.79 Å². The molecule has 31 heavy (non-hydrogen) atoms. The van der Waals surface area contributed by atoms with E-state index < -0.39 is 5.41 Å². The van der Waals surface area contributed by atoms with Crippen LogP contribution in [-0.4, -0.2) is 23.2 Å². The van der Waals surface area contributed by atoms with Crippen molar-refractivity contribution in [3.8, 4) is 5.75 Å². The van der Waals surface area contributed by atoms with Crippen LogP contribution in [-0.2, 0) is 24.2 Å². The highest BCUT2D eigenvalue weighted by atomic mass is 16.5. The van der Waals surface area contributed by atoms with E-state index in [1.54, 1.807) is 6.07 Å². The van der Waals surface area contributed by atoms with Gasteiger partial charge in [0.15, 0.2) is 0 Å². The molecule has 0 aliphatic rings. The molecule has 0 spiro atoms. The van der Waals surface area contributed by atoms with Gasteiger partial charge < -0.3 is 14.7 Å². The molecule has 0 radical (unpaired) electrons.